The minimum atomic E-state index is -0.671. The second-order valence-corrected chi connectivity index (χ2v) is 5.76. The van der Waals surface area contributed by atoms with Crippen LogP contribution in [-0.2, 0) is 9.53 Å². The van der Waals surface area contributed by atoms with Gasteiger partial charge in [-0.1, -0.05) is 6.92 Å². The minimum Gasteiger partial charge on any atom is -0.497 e. The van der Waals surface area contributed by atoms with Crippen LogP contribution in [0.4, 0.5) is 0 Å². The van der Waals surface area contributed by atoms with Crippen LogP contribution >= 0.6 is 11.8 Å². The highest BCUT2D eigenvalue weighted by atomic mass is 32.2. The SMILES string of the molecule is CCCNC(C)(CSc1ccc(OC)cc1)C(=O)OC. The van der Waals surface area contributed by atoms with Crippen LogP contribution < -0.4 is 10.1 Å². The van der Waals surface area contributed by atoms with Crippen molar-refractivity contribution in [2.75, 3.05) is 26.5 Å². The molecule has 4 nitrogen and oxygen atoms in total. The first kappa shape index (κ1) is 16.9. The number of thioether (sulfide) groups is 1. The first-order valence-corrected chi connectivity index (χ1v) is 7.64. The lowest BCUT2D eigenvalue weighted by Gasteiger charge is -2.27. The summed E-state index contributed by atoms with van der Waals surface area (Å²) in [5, 5.41) is 3.27. The summed E-state index contributed by atoms with van der Waals surface area (Å²) in [4.78, 5) is 13.0. The van der Waals surface area contributed by atoms with Gasteiger partial charge < -0.3 is 14.8 Å². The summed E-state index contributed by atoms with van der Waals surface area (Å²) in [6.07, 6.45) is 0.972. The van der Waals surface area contributed by atoms with Crippen LogP contribution in [0.1, 0.15) is 20.3 Å². The lowest BCUT2D eigenvalue weighted by Crippen LogP contribution is -2.52. The van der Waals surface area contributed by atoms with E-state index in [1.54, 1.807) is 18.9 Å². The van der Waals surface area contributed by atoms with Crippen molar-refractivity contribution < 1.29 is 14.3 Å². The lowest BCUT2D eigenvalue weighted by atomic mass is 10.1. The zero-order valence-electron chi connectivity index (χ0n) is 12.6. The number of hydrogen-bond acceptors (Lipinski definition) is 5. The molecule has 0 heterocycles. The van der Waals surface area contributed by atoms with Crippen LogP contribution in [0.3, 0.4) is 0 Å². The highest BCUT2D eigenvalue weighted by molar-refractivity contribution is 7.99. The van der Waals surface area contributed by atoms with Crippen molar-refractivity contribution in [3.05, 3.63) is 24.3 Å². The first-order valence-electron chi connectivity index (χ1n) is 6.66. The van der Waals surface area contributed by atoms with Gasteiger partial charge >= 0.3 is 5.97 Å². The molecule has 0 fully saturated rings. The quantitative estimate of drug-likeness (QED) is 0.590. The number of rotatable bonds is 8. The normalized spacial score (nSPS) is 13.6. The van der Waals surface area contributed by atoms with E-state index in [0.717, 1.165) is 23.6 Å². The number of carbonyl (C=O) groups is 1. The minimum absolute atomic E-state index is 0.230. The summed E-state index contributed by atoms with van der Waals surface area (Å²) in [5.41, 5.74) is -0.671. The van der Waals surface area contributed by atoms with Crippen molar-refractivity contribution in [2.45, 2.75) is 30.7 Å². The second-order valence-electron chi connectivity index (χ2n) is 4.71. The molecule has 0 aliphatic carbocycles. The lowest BCUT2D eigenvalue weighted by molar-refractivity contribution is -0.146. The van der Waals surface area contributed by atoms with Gasteiger partial charge in [0.2, 0.25) is 0 Å². The van der Waals surface area contributed by atoms with E-state index in [2.05, 4.69) is 12.2 Å². The van der Waals surface area contributed by atoms with E-state index in [-0.39, 0.29) is 5.97 Å². The van der Waals surface area contributed by atoms with Crippen LogP contribution in [0, 0.1) is 0 Å². The van der Waals surface area contributed by atoms with Crippen LogP contribution in [0.5, 0.6) is 5.75 Å². The van der Waals surface area contributed by atoms with Gasteiger partial charge in [0.1, 0.15) is 11.3 Å². The molecule has 0 saturated carbocycles. The number of ether oxygens (including phenoxy) is 2. The fourth-order valence-corrected chi connectivity index (χ4v) is 2.71. The highest BCUT2D eigenvalue weighted by Gasteiger charge is 2.33. The van der Waals surface area contributed by atoms with Gasteiger partial charge in [0, 0.05) is 10.6 Å². The Morgan fingerprint density at radius 3 is 2.45 bits per heavy atom. The molecule has 112 valence electrons. The Kier molecular flexibility index (Phi) is 6.88. The van der Waals surface area contributed by atoms with Gasteiger partial charge in [0.15, 0.2) is 0 Å². The number of methoxy groups -OCH3 is 2. The second kappa shape index (κ2) is 8.17. The summed E-state index contributed by atoms with van der Waals surface area (Å²) in [5.74, 6) is 1.22. The monoisotopic (exact) mass is 297 g/mol. The zero-order chi connectivity index (χ0) is 15.0. The topological polar surface area (TPSA) is 47.6 Å². The third-order valence-corrected chi connectivity index (χ3v) is 4.32. The molecule has 0 radical (unpaired) electrons. The Hall–Kier alpha value is -1.20. The van der Waals surface area contributed by atoms with E-state index in [9.17, 15) is 4.79 Å². The average Bonchev–Trinajstić information content (AvgIpc) is 2.50. The zero-order valence-corrected chi connectivity index (χ0v) is 13.4. The molecule has 0 saturated heterocycles. The molecule has 1 N–H and O–H groups in total. The van der Waals surface area contributed by atoms with E-state index in [1.807, 2.05) is 31.2 Å². The first-order chi connectivity index (χ1) is 9.55. The molecule has 1 atom stereocenters. The van der Waals surface area contributed by atoms with Crippen molar-refractivity contribution in [3.8, 4) is 5.75 Å². The van der Waals surface area contributed by atoms with Crippen LogP contribution in [0.25, 0.3) is 0 Å². The standard InChI is InChI=1S/C15H23NO3S/c1-5-10-16-15(2,14(17)19-4)11-20-13-8-6-12(18-3)7-9-13/h6-9,16H,5,10-11H2,1-4H3. The molecule has 0 aromatic heterocycles. The summed E-state index contributed by atoms with van der Waals surface area (Å²) >= 11 is 1.62. The van der Waals surface area contributed by atoms with Crippen molar-refractivity contribution in [2.24, 2.45) is 0 Å². The van der Waals surface area contributed by atoms with Gasteiger partial charge in [0.25, 0.3) is 0 Å². The summed E-state index contributed by atoms with van der Waals surface area (Å²) in [6.45, 7) is 4.74. The Bertz CT molecular complexity index is 422. The Labute approximate surface area is 125 Å². The number of nitrogens with one attached hydrogen (secondary N) is 1. The van der Waals surface area contributed by atoms with Gasteiger partial charge in [-0.2, -0.15) is 0 Å². The Morgan fingerprint density at radius 1 is 1.30 bits per heavy atom. The van der Waals surface area contributed by atoms with Crippen LogP contribution in [0.15, 0.2) is 29.2 Å². The molecule has 5 heteroatoms. The van der Waals surface area contributed by atoms with Gasteiger partial charge in [-0.15, -0.1) is 11.8 Å². The summed E-state index contributed by atoms with van der Waals surface area (Å²) < 4.78 is 10.0. The van der Waals surface area contributed by atoms with Gasteiger partial charge in [0.05, 0.1) is 14.2 Å². The molecular weight excluding hydrogens is 274 g/mol. The molecular formula is C15H23NO3S. The van der Waals surface area contributed by atoms with E-state index in [4.69, 9.17) is 9.47 Å². The largest absolute Gasteiger partial charge is 0.497 e. The van der Waals surface area contributed by atoms with Crippen molar-refractivity contribution in [3.63, 3.8) is 0 Å². The fourth-order valence-electron chi connectivity index (χ4n) is 1.71. The molecule has 1 unspecified atom stereocenters. The number of esters is 1. The van der Waals surface area contributed by atoms with Crippen molar-refractivity contribution >= 4 is 17.7 Å². The predicted octanol–water partition coefficient (Wildman–Crippen LogP) is 2.72. The molecule has 1 aromatic rings. The molecule has 0 spiro atoms. The van der Waals surface area contributed by atoms with Gasteiger partial charge in [-0.3, -0.25) is 4.79 Å². The Balaban J connectivity index is 2.67. The number of benzene rings is 1. The third kappa shape index (κ3) is 4.72. The molecule has 20 heavy (non-hydrogen) atoms. The smallest absolute Gasteiger partial charge is 0.326 e. The highest BCUT2D eigenvalue weighted by Crippen LogP contribution is 2.25. The molecule has 0 bridgehead atoms. The molecule has 0 aliphatic heterocycles. The summed E-state index contributed by atoms with van der Waals surface area (Å²) in [6, 6.07) is 7.80. The van der Waals surface area contributed by atoms with Crippen LogP contribution in [0.2, 0.25) is 0 Å². The number of hydrogen-bond donors (Lipinski definition) is 1. The summed E-state index contributed by atoms with van der Waals surface area (Å²) in [7, 11) is 3.07. The maximum Gasteiger partial charge on any atom is 0.326 e. The van der Waals surface area contributed by atoms with E-state index >= 15 is 0 Å². The van der Waals surface area contributed by atoms with Gasteiger partial charge in [-0.25, -0.2) is 0 Å². The maximum atomic E-state index is 11.9. The van der Waals surface area contributed by atoms with Crippen molar-refractivity contribution in [1.82, 2.24) is 5.32 Å². The Morgan fingerprint density at radius 2 is 1.95 bits per heavy atom. The van der Waals surface area contributed by atoms with Gasteiger partial charge in [-0.05, 0) is 44.2 Å². The predicted molar refractivity (Wildman–Crippen MR) is 82.4 cm³/mol. The van der Waals surface area contributed by atoms with E-state index < -0.39 is 5.54 Å². The van der Waals surface area contributed by atoms with Crippen molar-refractivity contribution in [1.29, 1.82) is 0 Å². The molecule has 1 aromatic carbocycles. The van der Waals surface area contributed by atoms with E-state index in [1.165, 1.54) is 7.11 Å². The van der Waals surface area contributed by atoms with Crippen LogP contribution in [-0.4, -0.2) is 38.0 Å². The molecule has 0 aliphatic rings. The average molecular weight is 297 g/mol. The third-order valence-electron chi connectivity index (χ3n) is 2.99. The fraction of sp³-hybridized carbons (Fsp3) is 0.533. The molecule has 0 amide bonds. The number of carbonyl (C=O) groups excluding carboxylic acids is 1. The van der Waals surface area contributed by atoms with E-state index in [0.29, 0.717) is 5.75 Å². The maximum absolute atomic E-state index is 11.9. The molecule has 1 rings (SSSR count).